The largest absolute Gasteiger partial charge is 0.459 e. The predicted molar refractivity (Wildman–Crippen MR) is 104 cm³/mol. The maximum Gasteiger partial charge on any atom is 0.415 e. The Balaban J connectivity index is 1.77. The zero-order valence-corrected chi connectivity index (χ0v) is 16.4. The Kier molecular flexibility index (Phi) is 6.79. The van der Waals surface area contributed by atoms with Crippen molar-refractivity contribution in [1.29, 1.82) is 0 Å². The van der Waals surface area contributed by atoms with E-state index in [0.29, 0.717) is 35.9 Å². The van der Waals surface area contributed by atoms with Gasteiger partial charge in [-0.3, -0.25) is 0 Å². The molecule has 1 aliphatic heterocycles. The van der Waals surface area contributed by atoms with Gasteiger partial charge >= 0.3 is 12.1 Å². The first kappa shape index (κ1) is 20.0. The first-order valence-electron chi connectivity index (χ1n) is 9.90. The van der Waals surface area contributed by atoms with Gasteiger partial charge in [-0.1, -0.05) is 6.42 Å². The summed E-state index contributed by atoms with van der Waals surface area (Å²) in [5.74, 6) is 0.891. The topological polar surface area (TPSA) is 74.3 Å². The van der Waals surface area contributed by atoms with Gasteiger partial charge in [0, 0.05) is 19.2 Å². The van der Waals surface area contributed by atoms with E-state index in [1.807, 2.05) is 13.8 Å². The lowest BCUT2D eigenvalue weighted by Gasteiger charge is -2.21. The number of carbonyl (C=O) groups is 2. The molecule has 0 bridgehead atoms. The van der Waals surface area contributed by atoms with Crippen molar-refractivity contribution in [3.8, 4) is 17.2 Å². The molecule has 0 saturated heterocycles. The van der Waals surface area contributed by atoms with Gasteiger partial charge in [-0.25, -0.2) is 9.59 Å². The van der Waals surface area contributed by atoms with Crippen LogP contribution in [0.4, 0.5) is 4.79 Å². The van der Waals surface area contributed by atoms with Gasteiger partial charge in [0.2, 0.25) is 6.79 Å². The molecule has 0 aromatic heterocycles. The standard InChI is InChI=1S/C21H27NO6/c1-3-22(4-2)21(24)28-17-11-12-18-20(26-14-25-18)16(17)10-13-19(23)27-15-8-6-5-7-9-15/h10-13,15H,3-9,14H2,1-2H3/b13-10+. The summed E-state index contributed by atoms with van der Waals surface area (Å²) in [6.45, 7) is 4.92. The Hall–Kier alpha value is -2.70. The van der Waals surface area contributed by atoms with Crippen LogP contribution in [0.5, 0.6) is 17.2 Å². The van der Waals surface area contributed by atoms with E-state index in [0.717, 1.165) is 25.7 Å². The maximum absolute atomic E-state index is 12.3. The highest BCUT2D eigenvalue weighted by atomic mass is 16.7. The number of nitrogens with zero attached hydrogens (tertiary/aromatic N) is 1. The Morgan fingerprint density at radius 1 is 1.14 bits per heavy atom. The molecule has 0 atom stereocenters. The van der Waals surface area contributed by atoms with Crippen LogP contribution < -0.4 is 14.2 Å². The van der Waals surface area contributed by atoms with E-state index in [1.165, 1.54) is 12.5 Å². The van der Waals surface area contributed by atoms with Crippen molar-refractivity contribution in [3.63, 3.8) is 0 Å². The van der Waals surface area contributed by atoms with Crippen molar-refractivity contribution in [2.75, 3.05) is 19.9 Å². The van der Waals surface area contributed by atoms with E-state index in [1.54, 1.807) is 23.1 Å². The molecule has 1 aromatic rings. The van der Waals surface area contributed by atoms with Crippen molar-refractivity contribution in [2.45, 2.75) is 52.1 Å². The zero-order chi connectivity index (χ0) is 19.9. The molecule has 0 N–H and O–H groups in total. The second kappa shape index (κ2) is 9.48. The van der Waals surface area contributed by atoms with Gasteiger partial charge in [-0.2, -0.15) is 0 Å². The van der Waals surface area contributed by atoms with Crippen molar-refractivity contribution < 1.29 is 28.5 Å². The third-order valence-corrected chi connectivity index (χ3v) is 4.98. The van der Waals surface area contributed by atoms with Crippen LogP contribution in [0.25, 0.3) is 6.08 Å². The lowest BCUT2D eigenvalue weighted by molar-refractivity contribution is -0.144. The highest BCUT2D eigenvalue weighted by molar-refractivity contribution is 5.89. The summed E-state index contributed by atoms with van der Waals surface area (Å²) in [6.07, 6.45) is 7.61. The van der Waals surface area contributed by atoms with Crippen LogP contribution in [0.2, 0.25) is 0 Å². The molecule has 1 saturated carbocycles. The van der Waals surface area contributed by atoms with Crippen LogP contribution in [0.3, 0.4) is 0 Å². The van der Waals surface area contributed by atoms with Gasteiger partial charge in [0.1, 0.15) is 11.9 Å². The monoisotopic (exact) mass is 389 g/mol. The molecule has 28 heavy (non-hydrogen) atoms. The SMILES string of the molecule is CCN(CC)C(=O)Oc1ccc2c(c1/C=C/C(=O)OC1CCCCC1)OCO2. The van der Waals surface area contributed by atoms with Crippen molar-refractivity contribution in [2.24, 2.45) is 0 Å². The molecule has 7 nitrogen and oxygen atoms in total. The highest BCUT2D eigenvalue weighted by Gasteiger charge is 2.23. The molecule has 2 aliphatic rings. The first-order chi connectivity index (χ1) is 13.6. The van der Waals surface area contributed by atoms with Crippen molar-refractivity contribution in [3.05, 3.63) is 23.8 Å². The molecule has 0 radical (unpaired) electrons. The van der Waals surface area contributed by atoms with E-state index >= 15 is 0 Å². The predicted octanol–water partition coefficient (Wildman–Crippen LogP) is 4.15. The van der Waals surface area contributed by atoms with Crippen LogP contribution >= 0.6 is 0 Å². The fourth-order valence-electron chi connectivity index (χ4n) is 3.40. The van der Waals surface area contributed by atoms with Gasteiger partial charge in [0.25, 0.3) is 0 Å². The van der Waals surface area contributed by atoms with E-state index in [2.05, 4.69) is 0 Å². The van der Waals surface area contributed by atoms with Crippen LogP contribution in [0.15, 0.2) is 18.2 Å². The number of rotatable bonds is 6. The van der Waals surface area contributed by atoms with E-state index in [9.17, 15) is 9.59 Å². The molecule has 0 unspecified atom stereocenters. The van der Waals surface area contributed by atoms with Gasteiger partial charge in [-0.05, 0) is 57.7 Å². The van der Waals surface area contributed by atoms with E-state index in [-0.39, 0.29) is 12.9 Å². The lowest BCUT2D eigenvalue weighted by Crippen LogP contribution is -2.33. The van der Waals surface area contributed by atoms with E-state index < -0.39 is 12.1 Å². The Morgan fingerprint density at radius 3 is 2.61 bits per heavy atom. The molecule has 1 aromatic carbocycles. The Labute approximate surface area is 165 Å². The summed E-state index contributed by atoms with van der Waals surface area (Å²) >= 11 is 0. The molecular formula is C21H27NO6. The quantitative estimate of drug-likeness (QED) is 0.538. The minimum absolute atomic E-state index is 0.0214. The van der Waals surface area contributed by atoms with E-state index in [4.69, 9.17) is 18.9 Å². The minimum atomic E-state index is -0.455. The van der Waals surface area contributed by atoms with Gasteiger partial charge < -0.3 is 23.8 Å². The number of hydrogen-bond donors (Lipinski definition) is 0. The molecule has 0 spiro atoms. The second-order valence-corrected chi connectivity index (χ2v) is 6.78. The van der Waals surface area contributed by atoms with Gasteiger partial charge in [0.15, 0.2) is 11.5 Å². The summed E-state index contributed by atoms with van der Waals surface area (Å²) in [7, 11) is 0. The number of fused-ring (bicyclic) bond motifs is 1. The third-order valence-electron chi connectivity index (χ3n) is 4.98. The van der Waals surface area contributed by atoms with Crippen molar-refractivity contribution >= 4 is 18.1 Å². The van der Waals surface area contributed by atoms with Crippen LogP contribution in [0, 0.1) is 0 Å². The zero-order valence-electron chi connectivity index (χ0n) is 16.4. The summed E-state index contributed by atoms with van der Waals surface area (Å²) in [5.41, 5.74) is 0.483. The average Bonchev–Trinajstić information content (AvgIpc) is 3.17. The summed E-state index contributed by atoms with van der Waals surface area (Å²) in [4.78, 5) is 26.1. The number of esters is 1. The number of amides is 1. The molecule has 152 valence electrons. The summed E-state index contributed by atoms with van der Waals surface area (Å²) < 4.78 is 22.0. The summed E-state index contributed by atoms with van der Waals surface area (Å²) in [5, 5.41) is 0. The molecule has 1 amide bonds. The fraction of sp³-hybridized carbons (Fsp3) is 0.524. The van der Waals surface area contributed by atoms with Gasteiger partial charge in [0.05, 0.1) is 5.56 Å². The Bertz CT molecular complexity index is 735. The molecule has 1 aliphatic carbocycles. The van der Waals surface area contributed by atoms with Crippen LogP contribution in [0.1, 0.15) is 51.5 Å². The van der Waals surface area contributed by atoms with Crippen molar-refractivity contribution in [1.82, 2.24) is 4.90 Å². The normalized spacial score (nSPS) is 16.2. The second-order valence-electron chi connectivity index (χ2n) is 6.78. The highest BCUT2D eigenvalue weighted by Crippen LogP contribution is 2.41. The molecular weight excluding hydrogens is 362 g/mol. The average molecular weight is 389 g/mol. The number of ether oxygens (including phenoxy) is 4. The van der Waals surface area contributed by atoms with Crippen LogP contribution in [-0.4, -0.2) is 42.9 Å². The number of carbonyl (C=O) groups excluding carboxylic acids is 2. The molecule has 3 rings (SSSR count). The summed E-state index contributed by atoms with van der Waals surface area (Å²) in [6, 6.07) is 3.33. The molecule has 7 heteroatoms. The molecule has 1 fully saturated rings. The number of benzene rings is 1. The maximum atomic E-state index is 12.3. The molecule has 1 heterocycles. The lowest BCUT2D eigenvalue weighted by atomic mass is 9.98. The third kappa shape index (κ3) is 4.77. The fourth-order valence-corrected chi connectivity index (χ4v) is 3.40. The minimum Gasteiger partial charge on any atom is -0.459 e. The van der Waals surface area contributed by atoms with Crippen LogP contribution in [-0.2, 0) is 9.53 Å². The number of hydrogen-bond acceptors (Lipinski definition) is 6. The smallest absolute Gasteiger partial charge is 0.415 e. The Morgan fingerprint density at radius 2 is 1.89 bits per heavy atom. The van der Waals surface area contributed by atoms with Gasteiger partial charge in [-0.15, -0.1) is 0 Å². The first-order valence-corrected chi connectivity index (χ1v) is 9.90.